The molecule has 44 valence electrons. The molecule has 0 aromatic heterocycles. The Labute approximate surface area is 53.9 Å². The van der Waals surface area contributed by atoms with E-state index < -0.39 is 0 Å². The maximum absolute atomic E-state index is 3.16. The van der Waals surface area contributed by atoms with E-state index in [0.717, 1.165) is 0 Å². The number of nitrogens with one attached hydrogen (secondary N) is 1. The molecule has 1 unspecified atom stereocenters. The van der Waals surface area contributed by atoms with Crippen LogP contribution >= 0.6 is 11.8 Å². The highest BCUT2D eigenvalue weighted by atomic mass is 32.2. The second-order valence-corrected chi connectivity index (χ2v) is 2.55. The van der Waals surface area contributed by atoms with Gasteiger partial charge in [0.1, 0.15) is 0 Å². The van der Waals surface area contributed by atoms with Crippen molar-refractivity contribution >= 4 is 11.8 Å². The summed E-state index contributed by atoms with van der Waals surface area (Å²) in [5.74, 6) is 0. The molecule has 0 saturated carbocycles. The Morgan fingerprint density at radius 3 is 2.75 bits per heavy atom. The van der Waals surface area contributed by atoms with Gasteiger partial charge in [0.25, 0.3) is 0 Å². The van der Waals surface area contributed by atoms with Gasteiger partial charge in [-0.15, -0.1) is 11.8 Å². The van der Waals surface area contributed by atoms with Crippen molar-refractivity contribution in [2.75, 3.05) is 6.26 Å². The van der Waals surface area contributed by atoms with Crippen LogP contribution in [0.25, 0.3) is 0 Å². The van der Waals surface area contributed by atoms with Gasteiger partial charge >= 0.3 is 0 Å². The topological polar surface area (TPSA) is 12.0 Å². The van der Waals surface area contributed by atoms with Gasteiger partial charge in [-0.05, 0) is 18.5 Å². The molecule has 1 aliphatic rings. The molecule has 1 nitrogen and oxygen atoms in total. The lowest BCUT2D eigenvalue weighted by atomic mass is 10.4. The van der Waals surface area contributed by atoms with Gasteiger partial charge in [-0.25, -0.2) is 0 Å². The minimum Gasteiger partial charge on any atom is -0.376 e. The van der Waals surface area contributed by atoms with Crippen LogP contribution in [0.4, 0.5) is 0 Å². The Bertz CT molecular complexity index is 118. The number of dihydropyridines is 1. The maximum Gasteiger partial charge on any atom is 0.0905 e. The number of hydrogen-bond donors (Lipinski definition) is 1. The fraction of sp³-hybridized carbons (Fsp3) is 0.333. The van der Waals surface area contributed by atoms with Crippen LogP contribution in [-0.4, -0.2) is 11.6 Å². The third kappa shape index (κ3) is 1.30. The smallest absolute Gasteiger partial charge is 0.0905 e. The zero-order chi connectivity index (χ0) is 5.82. The molecule has 0 aliphatic carbocycles. The van der Waals surface area contributed by atoms with E-state index in [1.165, 1.54) is 0 Å². The van der Waals surface area contributed by atoms with E-state index in [1.54, 1.807) is 11.8 Å². The van der Waals surface area contributed by atoms with E-state index in [1.807, 2.05) is 12.3 Å². The number of thioether (sulfide) groups is 1. The van der Waals surface area contributed by atoms with Crippen molar-refractivity contribution in [1.29, 1.82) is 0 Å². The SMILES string of the molecule is CSC1C=CC=CN1. The van der Waals surface area contributed by atoms with Crippen molar-refractivity contribution in [1.82, 2.24) is 5.32 Å². The van der Waals surface area contributed by atoms with Crippen molar-refractivity contribution < 1.29 is 0 Å². The minimum atomic E-state index is 0.486. The van der Waals surface area contributed by atoms with Crippen molar-refractivity contribution in [2.45, 2.75) is 5.37 Å². The maximum atomic E-state index is 3.16. The highest BCUT2D eigenvalue weighted by Crippen LogP contribution is 2.06. The second-order valence-electron chi connectivity index (χ2n) is 1.57. The largest absolute Gasteiger partial charge is 0.376 e. The molecule has 1 atom stereocenters. The Morgan fingerprint density at radius 2 is 2.38 bits per heavy atom. The minimum absolute atomic E-state index is 0.486. The molecule has 0 spiro atoms. The van der Waals surface area contributed by atoms with Crippen LogP contribution in [0.15, 0.2) is 24.4 Å². The predicted molar refractivity (Wildman–Crippen MR) is 38.7 cm³/mol. The van der Waals surface area contributed by atoms with E-state index in [2.05, 4.69) is 23.7 Å². The third-order valence-electron chi connectivity index (χ3n) is 1.01. The summed E-state index contributed by atoms with van der Waals surface area (Å²) in [5, 5.41) is 3.65. The molecule has 1 heterocycles. The zero-order valence-electron chi connectivity index (χ0n) is 4.79. The molecule has 0 aromatic rings. The summed E-state index contributed by atoms with van der Waals surface area (Å²) in [6.45, 7) is 0. The number of hydrogen-bond acceptors (Lipinski definition) is 2. The van der Waals surface area contributed by atoms with Crippen LogP contribution in [0.5, 0.6) is 0 Å². The molecule has 2 heteroatoms. The molecule has 0 fully saturated rings. The van der Waals surface area contributed by atoms with Gasteiger partial charge in [-0.3, -0.25) is 0 Å². The normalized spacial score (nSPS) is 25.4. The third-order valence-corrected chi connectivity index (χ3v) is 1.81. The molecule has 0 amide bonds. The van der Waals surface area contributed by atoms with Gasteiger partial charge < -0.3 is 5.32 Å². The van der Waals surface area contributed by atoms with Gasteiger partial charge in [-0.1, -0.05) is 12.2 Å². The molecule has 1 N–H and O–H groups in total. The lowest BCUT2D eigenvalue weighted by molar-refractivity contribution is 0.915. The Kier molecular flexibility index (Phi) is 2.03. The van der Waals surface area contributed by atoms with E-state index in [9.17, 15) is 0 Å². The summed E-state index contributed by atoms with van der Waals surface area (Å²) in [7, 11) is 0. The molecular weight excluding hydrogens is 118 g/mol. The molecule has 0 aromatic carbocycles. The average molecular weight is 127 g/mol. The van der Waals surface area contributed by atoms with E-state index in [-0.39, 0.29) is 0 Å². The Balaban J connectivity index is 2.40. The first-order chi connectivity index (χ1) is 3.93. The highest BCUT2D eigenvalue weighted by molar-refractivity contribution is 7.99. The van der Waals surface area contributed by atoms with Crippen LogP contribution in [-0.2, 0) is 0 Å². The van der Waals surface area contributed by atoms with Crippen molar-refractivity contribution in [2.24, 2.45) is 0 Å². The lowest BCUT2D eigenvalue weighted by Crippen LogP contribution is -2.18. The number of allylic oxidation sites excluding steroid dienone is 2. The van der Waals surface area contributed by atoms with Crippen LogP contribution in [0.1, 0.15) is 0 Å². The summed E-state index contributed by atoms with van der Waals surface area (Å²) in [6, 6.07) is 0. The fourth-order valence-electron chi connectivity index (χ4n) is 0.573. The van der Waals surface area contributed by atoms with Crippen LogP contribution in [0.2, 0.25) is 0 Å². The summed E-state index contributed by atoms with van der Waals surface area (Å²) >= 11 is 1.80. The number of rotatable bonds is 1. The first-order valence-electron chi connectivity index (χ1n) is 2.55. The molecule has 0 bridgehead atoms. The predicted octanol–water partition coefficient (Wildman–Crippen LogP) is 1.35. The van der Waals surface area contributed by atoms with Crippen LogP contribution < -0.4 is 5.32 Å². The van der Waals surface area contributed by atoms with Gasteiger partial charge in [0.2, 0.25) is 0 Å². The van der Waals surface area contributed by atoms with Crippen LogP contribution in [0.3, 0.4) is 0 Å². The van der Waals surface area contributed by atoms with Crippen molar-refractivity contribution in [3.05, 3.63) is 24.4 Å². The van der Waals surface area contributed by atoms with Gasteiger partial charge in [0.15, 0.2) is 0 Å². The van der Waals surface area contributed by atoms with Crippen LogP contribution in [0, 0.1) is 0 Å². The average Bonchev–Trinajstić information content (AvgIpc) is 1.90. The van der Waals surface area contributed by atoms with Gasteiger partial charge in [0.05, 0.1) is 5.37 Å². The van der Waals surface area contributed by atoms with Crippen molar-refractivity contribution in [3.63, 3.8) is 0 Å². The summed E-state index contributed by atoms with van der Waals surface area (Å²) in [6.07, 6.45) is 10.2. The van der Waals surface area contributed by atoms with Crippen molar-refractivity contribution in [3.8, 4) is 0 Å². The van der Waals surface area contributed by atoms with E-state index in [0.29, 0.717) is 5.37 Å². The second kappa shape index (κ2) is 2.82. The molecule has 1 rings (SSSR count). The van der Waals surface area contributed by atoms with E-state index in [4.69, 9.17) is 0 Å². The Hall–Kier alpha value is -0.370. The Morgan fingerprint density at radius 1 is 1.50 bits per heavy atom. The molecular formula is C6H9NS. The summed E-state index contributed by atoms with van der Waals surface area (Å²) < 4.78 is 0. The highest BCUT2D eigenvalue weighted by Gasteiger charge is 1.97. The van der Waals surface area contributed by atoms with Gasteiger partial charge in [-0.2, -0.15) is 0 Å². The molecule has 0 saturated heterocycles. The van der Waals surface area contributed by atoms with E-state index >= 15 is 0 Å². The lowest BCUT2D eigenvalue weighted by Gasteiger charge is -2.11. The standard InChI is InChI=1S/C6H9NS/c1-8-6-4-2-3-5-7-6/h2-7H,1H3. The fourth-order valence-corrected chi connectivity index (χ4v) is 1.04. The summed E-state index contributed by atoms with van der Waals surface area (Å²) in [5.41, 5.74) is 0. The molecule has 8 heavy (non-hydrogen) atoms. The molecule has 1 aliphatic heterocycles. The summed E-state index contributed by atoms with van der Waals surface area (Å²) in [4.78, 5) is 0. The first kappa shape index (κ1) is 5.76. The monoisotopic (exact) mass is 127 g/mol. The van der Waals surface area contributed by atoms with Gasteiger partial charge in [0, 0.05) is 0 Å². The molecule has 0 radical (unpaired) electrons. The quantitative estimate of drug-likeness (QED) is 0.570. The zero-order valence-corrected chi connectivity index (χ0v) is 5.61. The first-order valence-corrected chi connectivity index (χ1v) is 3.84.